The van der Waals surface area contributed by atoms with Crippen molar-refractivity contribution in [3.8, 4) is 0 Å². The van der Waals surface area contributed by atoms with Crippen molar-refractivity contribution in [3.63, 3.8) is 0 Å². The molecule has 0 aliphatic rings. The van der Waals surface area contributed by atoms with E-state index in [0.717, 1.165) is 12.8 Å². The number of carbonyl (C=O) groups is 1. The van der Waals surface area contributed by atoms with Gasteiger partial charge in [0.05, 0.1) is 4.90 Å². The molecule has 0 fully saturated rings. The summed E-state index contributed by atoms with van der Waals surface area (Å²) in [7, 11) is -3.74. The lowest BCUT2D eigenvalue weighted by atomic mass is 10.00. The number of nitrogens with two attached hydrogens (primary N) is 1. The predicted octanol–water partition coefficient (Wildman–Crippen LogP) is 2.20. The van der Waals surface area contributed by atoms with Crippen molar-refractivity contribution in [2.75, 3.05) is 0 Å². The molecular weight excluding hydrogens is 288 g/mol. The fraction of sp³-hybridized carbons (Fsp3) is 0.533. The Morgan fingerprint density at radius 1 is 1.33 bits per heavy atom. The number of sulfonamides is 1. The molecule has 0 bridgehead atoms. The summed E-state index contributed by atoms with van der Waals surface area (Å²) in [6.07, 6.45) is 1.98. The summed E-state index contributed by atoms with van der Waals surface area (Å²) >= 11 is 0. The Balaban J connectivity index is 2.84. The van der Waals surface area contributed by atoms with Gasteiger partial charge in [-0.3, -0.25) is 4.79 Å². The summed E-state index contributed by atoms with van der Waals surface area (Å²) in [6.45, 7) is 7.94. The normalized spacial score (nSPS) is 14.5. The first-order valence-corrected chi connectivity index (χ1v) is 8.64. The van der Waals surface area contributed by atoms with E-state index in [0.29, 0.717) is 17.0 Å². The number of carbonyl (C=O) groups excluding carboxylic acids is 1. The number of hydrogen-bond acceptors (Lipinski definition) is 3. The molecule has 2 unspecified atom stereocenters. The zero-order valence-corrected chi connectivity index (χ0v) is 13.8. The van der Waals surface area contributed by atoms with Crippen LogP contribution in [0.25, 0.3) is 0 Å². The van der Waals surface area contributed by atoms with Gasteiger partial charge >= 0.3 is 0 Å². The second kappa shape index (κ2) is 7.04. The van der Waals surface area contributed by atoms with Crippen molar-refractivity contribution in [1.29, 1.82) is 0 Å². The first-order valence-electron chi connectivity index (χ1n) is 7.09. The Morgan fingerprint density at radius 3 is 2.43 bits per heavy atom. The van der Waals surface area contributed by atoms with Crippen molar-refractivity contribution in [2.45, 2.75) is 51.5 Å². The topological polar surface area (TPSA) is 89.3 Å². The van der Waals surface area contributed by atoms with Gasteiger partial charge in [0, 0.05) is 11.6 Å². The van der Waals surface area contributed by atoms with Crippen LogP contribution in [0.3, 0.4) is 0 Å². The molecule has 0 heterocycles. The summed E-state index contributed by atoms with van der Waals surface area (Å²) in [6, 6.07) is 4.35. The second-order valence-corrected chi connectivity index (χ2v) is 7.21. The quantitative estimate of drug-likeness (QED) is 0.844. The smallest absolute Gasteiger partial charge is 0.251 e. The highest BCUT2D eigenvalue weighted by atomic mass is 32.2. The lowest BCUT2D eigenvalue weighted by Crippen LogP contribution is -2.34. The van der Waals surface area contributed by atoms with Gasteiger partial charge < -0.3 is 5.32 Å². The maximum atomic E-state index is 12.2. The van der Waals surface area contributed by atoms with Crippen LogP contribution in [0.1, 0.15) is 49.5 Å². The molecule has 0 saturated heterocycles. The van der Waals surface area contributed by atoms with E-state index >= 15 is 0 Å². The maximum absolute atomic E-state index is 12.2. The first kappa shape index (κ1) is 17.7. The van der Waals surface area contributed by atoms with E-state index in [1.807, 2.05) is 6.92 Å². The highest BCUT2D eigenvalue weighted by molar-refractivity contribution is 7.89. The number of primary sulfonamides is 1. The molecule has 5 nitrogen and oxygen atoms in total. The minimum atomic E-state index is -3.74. The third-order valence-corrected chi connectivity index (χ3v) is 4.51. The Morgan fingerprint density at radius 2 is 1.95 bits per heavy atom. The summed E-state index contributed by atoms with van der Waals surface area (Å²) in [5.41, 5.74) is 1.06. The third kappa shape index (κ3) is 5.13. The van der Waals surface area contributed by atoms with Crippen molar-refractivity contribution in [2.24, 2.45) is 11.1 Å². The van der Waals surface area contributed by atoms with Crippen molar-refractivity contribution in [3.05, 3.63) is 29.3 Å². The van der Waals surface area contributed by atoms with Crippen LogP contribution in [0.15, 0.2) is 23.1 Å². The first-order chi connectivity index (χ1) is 9.65. The van der Waals surface area contributed by atoms with Crippen LogP contribution in [0.4, 0.5) is 0 Å². The molecule has 2 atom stereocenters. The van der Waals surface area contributed by atoms with E-state index in [1.165, 1.54) is 18.2 Å². The van der Waals surface area contributed by atoms with Gasteiger partial charge in [-0.25, -0.2) is 13.6 Å². The number of amides is 1. The SMILES string of the molecule is CCC(C)CC(C)NC(=O)c1ccc(S(N)(=O)=O)cc1C. The van der Waals surface area contributed by atoms with Crippen LogP contribution in [-0.4, -0.2) is 20.4 Å². The van der Waals surface area contributed by atoms with E-state index in [2.05, 4.69) is 19.2 Å². The molecule has 3 N–H and O–H groups in total. The van der Waals surface area contributed by atoms with Crippen LogP contribution in [0, 0.1) is 12.8 Å². The minimum Gasteiger partial charge on any atom is -0.350 e. The molecule has 0 spiro atoms. The number of rotatable bonds is 6. The van der Waals surface area contributed by atoms with E-state index in [9.17, 15) is 13.2 Å². The standard InChI is InChI=1S/C15H24N2O3S/c1-5-10(2)8-12(4)17-15(18)14-7-6-13(9-11(14)3)21(16,19)20/h6-7,9-10,12H,5,8H2,1-4H3,(H,17,18)(H2,16,19,20). The molecule has 0 aliphatic carbocycles. The minimum absolute atomic E-state index is 0.0178. The molecule has 0 radical (unpaired) electrons. The molecule has 1 rings (SSSR count). The van der Waals surface area contributed by atoms with E-state index < -0.39 is 10.0 Å². The van der Waals surface area contributed by atoms with Gasteiger partial charge in [-0.05, 0) is 49.9 Å². The van der Waals surface area contributed by atoms with Gasteiger partial charge in [0.15, 0.2) is 0 Å². The fourth-order valence-corrected chi connectivity index (χ4v) is 2.80. The Bertz CT molecular complexity index is 611. The Hall–Kier alpha value is -1.40. The Labute approximate surface area is 127 Å². The molecule has 1 aromatic rings. The van der Waals surface area contributed by atoms with Crippen LogP contribution in [0.5, 0.6) is 0 Å². The molecule has 21 heavy (non-hydrogen) atoms. The number of nitrogens with one attached hydrogen (secondary N) is 1. The molecule has 0 aromatic heterocycles. The van der Waals surface area contributed by atoms with Crippen LogP contribution >= 0.6 is 0 Å². The summed E-state index contributed by atoms with van der Waals surface area (Å²) in [5.74, 6) is 0.357. The highest BCUT2D eigenvalue weighted by Crippen LogP contribution is 2.15. The third-order valence-electron chi connectivity index (χ3n) is 3.60. The fourth-order valence-electron chi connectivity index (χ4n) is 2.20. The number of hydrogen-bond donors (Lipinski definition) is 2. The van der Waals surface area contributed by atoms with Gasteiger partial charge in [-0.2, -0.15) is 0 Å². The van der Waals surface area contributed by atoms with Crippen LogP contribution < -0.4 is 10.5 Å². The zero-order valence-electron chi connectivity index (χ0n) is 13.0. The summed E-state index contributed by atoms with van der Waals surface area (Å²) in [4.78, 5) is 12.2. The van der Waals surface area contributed by atoms with Crippen molar-refractivity contribution < 1.29 is 13.2 Å². The summed E-state index contributed by atoms with van der Waals surface area (Å²) in [5, 5.41) is 8.02. The van der Waals surface area contributed by atoms with Crippen molar-refractivity contribution in [1.82, 2.24) is 5.32 Å². The van der Waals surface area contributed by atoms with Gasteiger partial charge in [-0.1, -0.05) is 20.3 Å². The van der Waals surface area contributed by atoms with E-state index in [4.69, 9.17) is 5.14 Å². The highest BCUT2D eigenvalue weighted by Gasteiger charge is 2.16. The van der Waals surface area contributed by atoms with Gasteiger partial charge in [-0.15, -0.1) is 0 Å². The largest absolute Gasteiger partial charge is 0.350 e. The molecule has 0 aliphatic heterocycles. The van der Waals surface area contributed by atoms with E-state index in [1.54, 1.807) is 6.92 Å². The lowest BCUT2D eigenvalue weighted by molar-refractivity contribution is 0.0934. The van der Waals surface area contributed by atoms with Crippen LogP contribution in [0.2, 0.25) is 0 Å². The molecule has 0 saturated carbocycles. The lowest BCUT2D eigenvalue weighted by Gasteiger charge is -2.18. The Kier molecular flexibility index (Phi) is 5.92. The molecular formula is C15H24N2O3S. The molecule has 6 heteroatoms. The van der Waals surface area contributed by atoms with Gasteiger partial charge in [0.2, 0.25) is 10.0 Å². The molecule has 118 valence electrons. The monoisotopic (exact) mass is 312 g/mol. The zero-order chi connectivity index (χ0) is 16.2. The predicted molar refractivity (Wildman–Crippen MR) is 83.6 cm³/mol. The average molecular weight is 312 g/mol. The van der Waals surface area contributed by atoms with E-state index in [-0.39, 0.29) is 16.8 Å². The molecule has 1 amide bonds. The van der Waals surface area contributed by atoms with Gasteiger partial charge in [0.1, 0.15) is 0 Å². The van der Waals surface area contributed by atoms with Crippen molar-refractivity contribution >= 4 is 15.9 Å². The average Bonchev–Trinajstić information content (AvgIpc) is 2.36. The van der Waals surface area contributed by atoms with Gasteiger partial charge in [0.25, 0.3) is 5.91 Å². The molecule has 1 aromatic carbocycles. The summed E-state index contributed by atoms with van der Waals surface area (Å²) < 4.78 is 22.6. The maximum Gasteiger partial charge on any atom is 0.251 e. The number of benzene rings is 1. The number of aryl methyl sites for hydroxylation is 1. The second-order valence-electron chi connectivity index (χ2n) is 5.65. The van der Waals surface area contributed by atoms with Crippen LogP contribution in [-0.2, 0) is 10.0 Å².